The summed E-state index contributed by atoms with van der Waals surface area (Å²) in [6.07, 6.45) is -5.50. The fraction of sp³-hybridized carbons (Fsp3) is 0.136. The van der Waals surface area contributed by atoms with Crippen molar-refractivity contribution in [1.82, 2.24) is 0 Å². The van der Waals surface area contributed by atoms with Gasteiger partial charge in [0, 0.05) is 11.4 Å². The number of amides is 1. The second-order valence-corrected chi connectivity index (χ2v) is 8.74. The van der Waals surface area contributed by atoms with Crippen LogP contribution in [0.4, 0.5) is 24.5 Å². The predicted octanol–water partition coefficient (Wildman–Crippen LogP) is 4.28. The van der Waals surface area contributed by atoms with Crippen molar-refractivity contribution < 1.29 is 35.9 Å². The van der Waals surface area contributed by atoms with Gasteiger partial charge >= 0.3 is 6.18 Å². The number of benzene rings is 3. The van der Waals surface area contributed by atoms with Crippen LogP contribution in [-0.2, 0) is 21.0 Å². The van der Waals surface area contributed by atoms with Crippen LogP contribution in [0.5, 0.6) is 11.5 Å². The first kappa shape index (κ1) is 22.5. The zero-order chi connectivity index (χ0) is 23.6. The third kappa shape index (κ3) is 5.20. The van der Waals surface area contributed by atoms with Gasteiger partial charge in [-0.05, 0) is 54.6 Å². The second kappa shape index (κ2) is 8.66. The molecule has 1 aliphatic rings. The molecule has 0 fully saturated rings. The lowest BCUT2D eigenvalue weighted by atomic mass is 10.2. The van der Waals surface area contributed by atoms with E-state index in [1.807, 2.05) is 0 Å². The molecule has 33 heavy (non-hydrogen) atoms. The van der Waals surface area contributed by atoms with Gasteiger partial charge in [-0.1, -0.05) is 18.2 Å². The van der Waals surface area contributed by atoms with Crippen LogP contribution in [0.25, 0.3) is 0 Å². The molecular formula is C22H17F3N2O5S. The third-order valence-electron chi connectivity index (χ3n) is 4.68. The van der Waals surface area contributed by atoms with E-state index in [-0.39, 0.29) is 17.2 Å². The Balaban J connectivity index is 1.42. The van der Waals surface area contributed by atoms with Crippen molar-refractivity contribution in [2.45, 2.75) is 17.2 Å². The van der Waals surface area contributed by atoms with Crippen LogP contribution in [0.1, 0.15) is 5.56 Å². The lowest BCUT2D eigenvalue weighted by Crippen LogP contribution is -2.40. The summed E-state index contributed by atoms with van der Waals surface area (Å²) < 4.78 is 76.9. The number of ether oxygens (including phenoxy) is 2. The predicted molar refractivity (Wildman–Crippen MR) is 114 cm³/mol. The summed E-state index contributed by atoms with van der Waals surface area (Å²) in [7, 11) is -4.15. The first-order chi connectivity index (χ1) is 15.6. The molecule has 1 amide bonds. The van der Waals surface area contributed by atoms with Crippen molar-refractivity contribution in [2.75, 3.05) is 16.6 Å². The molecule has 11 heteroatoms. The highest BCUT2D eigenvalue weighted by Crippen LogP contribution is 2.32. The standard InChI is InChI=1S/C22H17F3N2O5S/c23-22(24,25)14-4-3-5-16(12-14)27-33(29,30)17-10-8-15(9-11-17)26-21(28)20-13-31-18-6-1-2-7-19(18)32-20/h1-12,20,27H,13H2,(H,26,28)/t20-/m1/s1. The van der Waals surface area contributed by atoms with Crippen molar-refractivity contribution in [3.63, 3.8) is 0 Å². The second-order valence-electron chi connectivity index (χ2n) is 7.06. The van der Waals surface area contributed by atoms with E-state index in [1.165, 1.54) is 30.3 Å². The summed E-state index contributed by atoms with van der Waals surface area (Å²) in [4.78, 5) is 12.3. The van der Waals surface area contributed by atoms with E-state index in [0.717, 1.165) is 12.1 Å². The summed E-state index contributed by atoms with van der Waals surface area (Å²) in [5, 5.41) is 2.61. The van der Waals surface area contributed by atoms with E-state index in [4.69, 9.17) is 9.47 Å². The summed E-state index contributed by atoms with van der Waals surface area (Å²) in [6.45, 7) is 0.0101. The van der Waals surface area contributed by atoms with Crippen molar-refractivity contribution in [1.29, 1.82) is 0 Å². The molecule has 0 saturated heterocycles. The molecule has 172 valence electrons. The number of carbonyl (C=O) groups is 1. The Morgan fingerprint density at radius 1 is 0.909 bits per heavy atom. The maximum atomic E-state index is 12.9. The number of alkyl halides is 3. The third-order valence-corrected chi connectivity index (χ3v) is 6.07. The van der Waals surface area contributed by atoms with Gasteiger partial charge in [0.25, 0.3) is 15.9 Å². The summed E-state index contributed by atoms with van der Waals surface area (Å²) in [6, 6.07) is 15.9. The van der Waals surface area contributed by atoms with Crippen molar-refractivity contribution in [3.8, 4) is 11.5 Å². The van der Waals surface area contributed by atoms with Gasteiger partial charge in [0.15, 0.2) is 11.5 Å². The van der Waals surface area contributed by atoms with Gasteiger partial charge in [0.2, 0.25) is 6.10 Å². The number of para-hydroxylation sites is 2. The Bertz CT molecular complexity index is 1280. The first-order valence-electron chi connectivity index (χ1n) is 9.61. The molecule has 3 aromatic rings. The van der Waals surface area contributed by atoms with Gasteiger partial charge in [-0.2, -0.15) is 13.2 Å². The van der Waals surface area contributed by atoms with Crippen LogP contribution in [0, 0.1) is 0 Å². The van der Waals surface area contributed by atoms with E-state index in [2.05, 4.69) is 10.0 Å². The molecule has 1 heterocycles. The van der Waals surface area contributed by atoms with E-state index in [0.29, 0.717) is 23.3 Å². The maximum absolute atomic E-state index is 12.9. The van der Waals surface area contributed by atoms with Gasteiger partial charge in [-0.15, -0.1) is 0 Å². The number of rotatable bonds is 5. The Hall–Kier alpha value is -3.73. The fourth-order valence-electron chi connectivity index (χ4n) is 3.06. The minimum atomic E-state index is -4.60. The smallest absolute Gasteiger partial charge is 0.416 e. The average Bonchev–Trinajstić information content (AvgIpc) is 2.78. The highest BCUT2D eigenvalue weighted by molar-refractivity contribution is 7.92. The van der Waals surface area contributed by atoms with E-state index in [1.54, 1.807) is 24.3 Å². The van der Waals surface area contributed by atoms with Crippen LogP contribution < -0.4 is 19.5 Å². The molecule has 0 radical (unpaired) electrons. The van der Waals surface area contributed by atoms with Gasteiger partial charge in [-0.25, -0.2) is 8.42 Å². The van der Waals surface area contributed by atoms with Crippen LogP contribution in [0.2, 0.25) is 0 Å². The van der Waals surface area contributed by atoms with Crippen LogP contribution in [0.15, 0.2) is 77.7 Å². The molecule has 1 aliphatic heterocycles. The van der Waals surface area contributed by atoms with E-state index in [9.17, 15) is 26.4 Å². The fourth-order valence-corrected chi connectivity index (χ4v) is 4.11. The van der Waals surface area contributed by atoms with Gasteiger partial charge < -0.3 is 14.8 Å². The monoisotopic (exact) mass is 478 g/mol. The maximum Gasteiger partial charge on any atom is 0.416 e. The summed E-state index contributed by atoms with van der Waals surface area (Å²) in [5.41, 5.74) is -0.894. The molecule has 0 aliphatic carbocycles. The molecule has 0 spiro atoms. The molecule has 0 aromatic heterocycles. The Labute approximate surface area is 187 Å². The summed E-state index contributed by atoms with van der Waals surface area (Å²) >= 11 is 0. The van der Waals surface area contributed by atoms with Crippen molar-refractivity contribution in [3.05, 3.63) is 78.4 Å². The molecule has 2 N–H and O–H groups in total. The molecule has 0 unspecified atom stereocenters. The van der Waals surface area contributed by atoms with Crippen LogP contribution in [0.3, 0.4) is 0 Å². The highest BCUT2D eigenvalue weighted by atomic mass is 32.2. The molecule has 7 nitrogen and oxygen atoms in total. The Morgan fingerprint density at radius 3 is 2.30 bits per heavy atom. The number of sulfonamides is 1. The number of anilines is 2. The minimum Gasteiger partial charge on any atom is -0.485 e. The Kier molecular flexibility index (Phi) is 5.90. The molecule has 4 rings (SSSR count). The number of halogens is 3. The van der Waals surface area contributed by atoms with Crippen LogP contribution >= 0.6 is 0 Å². The summed E-state index contributed by atoms with van der Waals surface area (Å²) in [5.74, 6) is 0.484. The van der Waals surface area contributed by atoms with Crippen molar-refractivity contribution >= 4 is 27.3 Å². The first-order valence-corrected chi connectivity index (χ1v) is 11.1. The zero-order valence-electron chi connectivity index (χ0n) is 16.8. The molecule has 1 atom stereocenters. The number of hydrogen-bond acceptors (Lipinski definition) is 5. The number of hydrogen-bond donors (Lipinski definition) is 2. The number of nitrogens with one attached hydrogen (secondary N) is 2. The highest BCUT2D eigenvalue weighted by Gasteiger charge is 2.31. The largest absolute Gasteiger partial charge is 0.485 e. The lowest BCUT2D eigenvalue weighted by Gasteiger charge is -2.25. The van der Waals surface area contributed by atoms with Crippen molar-refractivity contribution in [2.24, 2.45) is 0 Å². The van der Waals surface area contributed by atoms with E-state index < -0.39 is 33.8 Å². The van der Waals surface area contributed by atoms with Gasteiger partial charge in [0.05, 0.1) is 10.5 Å². The van der Waals surface area contributed by atoms with Gasteiger partial charge in [0.1, 0.15) is 6.61 Å². The minimum absolute atomic E-state index is 0.0101. The van der Waals surface area contributed by atoms with E-state index >= 15 is 0 Å². The number of fused-ring (bicyclic) bond motifs is 1. The SMILES string of the molecule is O=C(Nc1ccc(S(=O)(=O)Nc2cccc(C(F)(F)F)c2)cc1)[C@H]1COc2ccccc2O1. The number of carbonyl (C=O) groups excluding carboxylic acids is 1. The van der Waals surface area contributed by atoms with Crippen LogP contribution in [-0.4, -0.2) is 27.0 Å². The molecule has 3 aromatic carbocycles. The quantitative estimate of drug-likeness (QED) is 0.571. The molecular weight excluding hydrogens is 461 g/mol. The molecule has 0 saturated carbocycles. The molecule has 0 bridgehead atoms. The topological polar surface area (TPSA) is 93.7 Å². The lowest BCUT2D eigenvalue weighted by molar-refractivity contribution is -0.137. The average molecular weight is 478 g/mol. The zero-order valence-corrected chi connectivity index (χ0v) is 17.6. The Morgan fingerprint density at radius 2 is 1.61 bits per heavy atom. The normalized spacial score (nSPS) is 15.5. The van der Waals surface area contributed by atoms with Gasteiger partial charge in [-0.3, -0.25) is 9.52 Å².